The van der Waals surface area contributed by atoms with Gasteiger partial charge in [-0.3, -0.25) is 4.79 Å². The van der Waals surface area contributed by atoms with Gasteiger partial charge in [0.2, 0.25) is 5.91 Å². The van der Waals surface area contributed by atoms with Crippen molar-refractivity contribution >= 4 is 27.7 Å². The lowest BCUT2D eigenvalue weighted by molar-refractivity contribution is -0.128. The van der Waals surface area contributed by atoms with Crippen LogP contribution in [0.2, 0.25) is 0 Å². The van der Waals surface area contributed by atoms with Gasteiger partial charge in [-0.1, -0.05) is 30.3 Å². The molecule has 1 saturated heterocycles. The predicted octanol–water partition coefficient (Wildman–Crippen LogP) is 3.61. The maximum absolute atomic E-state index is 12.2. The Bertz CT molecular complexity index is 690. The van der Waals surface area contributed by atoms with Crippen molar-refractivity contribution in [2.24, 2.45) is 5.92 Å². The van der Waals surface area contributed by atoms with Gasteiger partial charge in [-0.25, -0.2) is 4.98 Å². The third-order valence-corrected chi connectivity index (χ3v) is 4.94. The molecule has 1 N–H and O–H groups in total. The van der Waals surface area contributed by atoms with E-state index in [0.717, 1.165) is 29.1 Å². The van der Waals surface area contributed by atoms with Crippen LogP contribution in [0, 0.1) is 12.8 Å². The molecule has 1 amide bonds. The topological polar surface area (TPSA) is 45.2 Å². The van der Waals surface area contributed by atoms with Gasteiger partial charge in [0, 0.05) is 36.4 Å². The molecule has 1 unspecified atom stereocenters. The Morgan fingerprint density at radius 2 is 2.04 bits per heavy atom. The Labute approximate surface area is 145 Å². The summed E-state index contributed by atoms with van der Waals surface area (Å²) in [6, 6.07) is 14.1. The number of hydrogen-bond acceptors (Lipinski definition) is 3. The number of carbonyl (C=O) groups excluding carboxylic acids is 1. The molecule has 120 valence electrons. The molecule has 1 aromatic carbocycles. The Morgan fingerprint density at radius 1 is 1.26 bits per heavy atom. The Balaban J connectivity index is 1.54. The van der Waals surface area contributed by atoms with Gasteiger partial charge >= 0.3 is 0 Å². The normalized spacial score (nSPS) is 17.6. The summed E-state index contributed by atoms with van der Waals surface area (Å²) in [5, 5.41) is 3.35. The van der Waals surface area contributed by atoms with Crippen molar-refractivity contribution in [3.8, 4) is 0 Å². The SMILES string of the molecule is Cc1nc(NCC2CC(=O)N(Cc3ccccc3)C2)ccc1Br. The quantitative estimate of drug-likeness (QED) is 0.870. The number of hydrogen-bond donors (Lipinski definition) is 1. The van der Waals surface area contributed by atoms with Crippen molar-refractivity contribution in [2.75, 3.05) is 18.4 Å². The number of likely N-dealkylation sites (tertiary alicyclic amines) is 1. The van der Waals surface area contributed by atoms with Crippen molar-refractivity contribution in [3.05, 3.63) is 58.2 Å². The summed E-state index contributed by atoms with van der Waals surface area (Å²) >= 11 is 3.45. The minimum Gasteiger partial charge on any atom is -0.370 e. The molecule has 1 aliphatic rings. The average Bonchev–Trinajstić information content (AvgIpc) is 2.89. The van der Waals surface area contributed by atoms with Gasteiger partial charge in [0.1, 0.15) is 5.82 Å². The molecule has 1 aromatic heterocycles. The van der Waals surface area contributed by atoms with Gasteiger partial charge in [-0.05, 0) is 40.5 Å². The average molecular weight is 374 g/mol. The molecule has 0 aliphatic carbocycles. The number of nitrogens with zero attached hydrogens (tertiary/aromatic N) is 2. The summed E-state index contributed by atoms with van der Waals surface area (Å²) < 4.78 is 1.01. The smallest absolute Gasteiger partial charge is 0.223 e. The molecule has 5 heteroatoms. The summed E-state index contributed by atoms with van der Waals surface area (Å²) in [5.74, 6) is 1.43. The molecule has 2 aromatic rings. The third-order valence-electron chi connectivity index (χ3n) is 4.10. The zero-order valence-corrected chi connectivity index (χ0v) is 14.7. The van der Waals surface area contributed by atoms with E-state index >= 15 is 0 Å². The number of amides is 1. The maximum Gasteiger partial charge on any atom is 0.223 e. The largest absolute Gasteiger partial charge is 0.370 e. The lowest BCUT2D eigenvalue weighted by atomic mass is 10.1. The molecule has 2 heterocycles. The van der Waals surface area contributed by atoms with Crippen LogP contribution in [0.5, 0.6) is 0 Å². The highest BCUT2D eigenvalue weighted by Crippen LogP contribution is 2.21. The van der Waals surface area contributed by atoms with E-state index in [0.29, 0.717) is 18.9 Å². The van der Waals surface area contributed by atoms with Crippen LogP contribution in [0.15, 0.2) is 46.9 Å². The lowest BCUT2D eigenvalue weighted by Gasteiger charge is -2.17. The molecule has 1 atom stereocenters. The summed E-state index contributed by atoms with van der Waals surface area (Å²) in [4.78, 5) is 18.6. The van der Waals surface area contributed by atoms with Crippen LogP contribution in [0.3, 0.4) is 0 Å². The first-order valence-corrected chi connectivity index (χ1v) is 8.60. The second-order valence-corrected chi connectivity index (χ2v) is 6.83. The number of rotatable bonds is 5. The lowest BCUT2D eigenvalue weighted by Crippen LogP contribution is -2.25. The third kappa shape index (κ3) is 4.10. The van der Waals surface area contributed by atoms with Crippen molar-refractivity contribution in [3.63, 3.8) is 0 Å². The summed E-state index contributed by atoms with van der Waals surface area (Å²) in [5.41, 5.74) is 2.14. The highest BCUT2D eigenvalue weighted by Gasteiger charge is 2.29. The van der Waals surface area contributed by atoms with E-state index in [2.05, 4.69) is 38.4 Å². The molecule has 1 aliphatic heterocycles. The van der Waals surface area contributed by atoms with Crippen LogP contribution in [0.4, 0.5) is 5.82 Å². The van der Waals surface area contributed by atoms with Gasteiger partial charge in [-0.2, -0.15) is 0 Å². The van der Waals surface area contributed by atoms with E-state index in [1.165, 1.54) is 5.56 Å². The van der Waals surface area contributed by atoms with Crippen LogP contribution < -0.4 is 5.32 Å². The second-order valence-electron chi connectivity index (χ2n) is 5.97. The monoisotopic (exact) mass is 373 g/mol. The Kier molecular flexibility index (Phi) is 4.96. The van der Waals surface area contributed by atoms with Crippen LogP contribution in [0.25, 0.3) is 0 Å². The summed E-state index contributed by atoms with van der Waals surface area (Å²) in [6.45, 7) is 4.24. The van der Waals surface area contributed by atoms with Gasteiger partial charge in [-0.15, -0.1) is 0 Å². The van der Waals surface area contributed by atoms with Crippen LogP contribution in [0.1, 0.15) is 17.7 Å². The maximum atomic E-state index is 12.2. The Morgan fingerprint density at radius 3 is 2.78 bits per heavy atom. The molecule has 0 saturated carbocycles. The molecule has 4 nitrogen and oxygen atoms in total. The first-order chi connectivity index (χ1) is 11.1. The molecule has 23 heavy (non-hydrogen) atoms. The van der Waals surface area contributed by atoms with Crippen molar-refractivity contribution in [1.29, 1.82) is 0 Å². The number of pyridine rings is 1. The van der Waals surface area contributed by atoms with Crippen molar-refractivity contribution < 1.29 is 4.79 Å². The van der Waals surface area contributed by atoms with E-state index in [1.54, 1.807) is 0 Å². The molecule has 3 rings (SSSR count). The fraction of sp³-hybridized carbons (Fsp3) is 0.333. The fourth-order valence-corrected chi connectivity index (χ4v) is 3.06. The summed E-state index contributed by atoms with van der Waals surface area (Å²) in [6.07, 6.45) is 0.606. The summed E-state index contributed by atoms with van der Waals surface area (Å²) in [7, 11) is 0. The van der Waals surface area contributed by atoms with Crippen LogP contribution in [-0.4, -0.2) is 28.9 Å². The predicted molar refractivity (Wildman–Crippen MR) is 95.1 cm³/mol. The molecule has 0 bridgehead atoms. The highest BCUT2D eigenvalue weighted by atomic mass is 79.9. The fourth-order valence-electron chi connectivity index (χ4n) is 2.84. The van der Waals surface area contributed by atoms with E-state index in [4.69, 9.17) is 0 Å². The van der Waals surface area contributed by atoms with E-state index < -0.39 is 0 Å². The van der Waals surface area contributed by atoms with E-state index in [1.807, 2.05) is 42.2 Å². The molecule has 0 spiro atoms. The first-order valence-electron chi connectivity index (χ1n) is 7.80. The van der Waals surface area contributed by atoms with E-state index in [-0.39, 0.29) is 5.91 Å². The molecule has 0 radical (unpaired) electrons. The first kappa shape index (κ1) is 16.0. The molecular weight excluding hydrogens is 354 g/mol. The zero-order valence-electron chi connectivity index (χ0n) is 13.1. The van der Waals surface area contributed by atoms with Crippen LogP contribution >= 0.6 is 15.9 Å². The molecular formula is C18H20BrN3O. The number of aryl methyl sites for hydroxylation is 1. The van der Waals surface area contributed by atoms with Gasteiger partial charge in [0.05, 0.1) is 5.69 Å². The number of anilines is 1. The number of aromatic nitrogens is 1. The number of benzene rings is 1. The standard InChI is InChI=1S/C18H20BrN3O/c1-13-16(19)7-8-17(21-13)20-10-15-9-18(23)22(12-15)11-14-5-3-2-4-6-14/h2-8,15H,9-12H2,1H3,(H,20,21). The van der Waals surface area contributed by atoms with Crippen molar-refractivity contribution in [2.45, 2.75) is 19.9 Å². The minimum atomic E-state index is 0.237. The van der Waals surface area contributed by atoms with E-state index in [9.17, 15) is 4.79 Å². The van der Waals surface area contributed by atoms with Crippen molar-refractivity contribution in [1.82, 2.24) is 9.88 Å². The van der Waals surface area contributed by atoms with Crippen LogP contribution in [-0.2, 0) is 11.3 Å². The Hall–Kier alpha value is -1.88. The van der Waals surface area contributed by atoms with Gasteiger partial charge < -0.3 is 10.2 Å². The highest BCUT2D eigenvalue weighted by molar-refractivity contribution is 9.10. The number of halogens is 1. The van der Waals surface area contributed by atoms with Gasteiger partial charge in [0.15, 0.2) is 0 Å². The van der Waals surface area contributed by atoms with Gasteiger partial charge in [0.25, 0.3) is 0 Å². The molecule has 1 fully saturated rings. The second kappa shape index (κ2) is 7.13. The minimum absolute atomic E-state index is 0.237. The number of carbonyl (C=O) groups is 1. The number of nitrogens with one attached hydrogen (secondary N) is 1. The zero-order chi connectivity index (χ0) is 16.2.